The Balaban J connectivity index is -0.00000000800. The molecule has 65 valence electrons. The average Bonchev–Trinajstić information content (AvgIpc) is 1.25. The van der Waals surface area contributed by atoms with Gasteiger partial charge >= 0.3 is 120 Å². The Morgan fingerprint density at radius 1 is 0.769 bits per heavy atom. The number of carbonyl (C=O) groups is 2. The van der Waals surface area contributed by atoms with E-state index in [0.717, 1.165) is 0 Å². The Bertz CT molecular complexity index is 86.6. The van der Waals surface area contributed by atoms with Crippen molar-refractivity contribution in [2.45, 2.75) is 0 Å². The van der Waals surface area contributed by atoms with E-state index in [0.29, 0.717) is 0 Å². The molecule has 13 heavy (non-hydrogen) atoms. The van der Waals surface area contributed by atoms with Crippen molar-refractivity contribution in [1.29, 1.82) is 0 Å². The largest absolute Gasteiger partial charge is 3.00 e. The summed E-state index contributed by atoms with van der Waals surface area (Å²) in [6.45, 7) is 0. The summed E-state index contributed by atoms with van der Waals surface area (Å²) < 4.78 is 0. The number of hydrogen-bond acceptors (Lipinski definition) is 6. The van der Waals surface area contributed by atoms with Crippen molar-refractivity contribution in [1.82, 2.24) is 0 Å². The maximum absolute atomic E-state index is 8.33. The third-order valence-electron chi connectivity index (χ3n) is 0. The first-order chi connectivity index (χ1) is 3.46. The third kappa shape index (κ3) is 397. The molecule has 0 fully saturated rings. The minimum Gasteiger partial charge on any atom is -1.00 e. The van der Waals surface area contributed by atoms with Crippen LogP contribution in [0.5, 0.6) is 0 Å². The van der Waals surface area contributed by atoms with E-state index in [-0.39, 0.29) is 130 Å². The molecule has 0 aliphatic carbocycles. The maximum Gasteiger partial charge on any atom is 3.00 e. The van der Waals surface area contributed by atoms with Crippen molar-refractivity contribution in [3.63, 3.8) is 0 Å². The van der Waals surface area contributed by atoms with Crippen LogP contribution < -0.4 is 59.4 Å². The van der Waals surface area contributed by atoms with Crippen molar-refractivity contribution in [2.75, 3.05) is 0 Å². The van der Waals surface area contributed by atoms with Gasteiger partial charge in [0.1, 0.15) is 0 Å². The van der Waals surface area contributed by atoms with E-state index in [9.17, 15) is 0 Å². The van der Waals surface area contributed by atoms with Gasteiger partial charge in [-0.25, -0.2) is 0 Å². The molecule has 0 N–H and O–H groups in total. The molecule has 0 aromatic rings. The van der Waals surface area contributed by atoms with Gasteiger partial charge in [-0.3, -0.25) is 0 Å². The van der Waals surface area contributed by atoms with E-state index < -0.39 is 12.3 Å². The predicted molar refractivity (Wildman–Crippen MR) is 16.5 cm³/mol. The molecule has 0 bridgehead atoms. The Morgan fingerprint density at radius 2 is 0.769 bits per heavy atom. The van der Waals surface area contributed by atoms with Gasteiger partial charge in [-0.1, -0.05) is 0 Å². The van der Waals surface area contributed by atoms with Crippen LogP contribution in [-0.2, 0) is 0 Å². The molecule has 0 aliphatic rings. The fourth-order valence-electron chi connectivity index (χ4n) is 0. The van der Waals surface area contributed by atoms with Crippen molar-refractivity contribution in [2.24, 2.45) is 0 Å². The number of halogens is 2. The second-order valence-corrected chi connectivity index (χ2v) is 0.500. The maximum atomic E-state index is 8.33. The molecule has 6 nitrogen and oxygen atoms in total. The van der Waals surface area contributed by atoms with Crippen LogP contribution in [0.25, 0.3) is 0 Å². The van der Waals surface area contributed by atoms with Gasteiger partial charge in [0.15, 0.2) is 0 Å². The predicted octanol–water partition coefficient (Wildman–Crippen LogP) is -14.3. The van der Waals surface area contributed by atoms with Crippen LogP contribution in [0.2, 0.25) is 0 Å². The summed E-state index contributed by atoms with van der Waals surface area (Å²) in [6, 6.07) is 0. The van der Waals surface area contributed by atoms with E-state index in [1.165, 1.54) is 0 Å². The van der Waals surface area contributed by atoms with Crippen LogP contribution in [0.3, 0.4) is 0 Å². The van der Waals surface area contributed by atoms with Crippen LogP contribution in [0.4, 0.5) is 9.59 Å². The Hall–Kier alpha value is 2.35. The summed E-state index contributed by atoms with van der Waals surface area (Å²) >= 11 is 0. The summed E-state index contributed by atoms with van der Waals surface area (Å²) in [5.74, 6) is 0. The van der Waals surface area contributed by atoms with E-state index in [1.807, 2.05) is 0 Å². The molecule has 1 radical (unpaired) electrons. The number of carboxylic acid groups (broad SMARTS) is 4. The molecule has 0 saturated heterocycles. The van der Waals surface area contributed by atoms with Crippen LogP contribution in [0.15, 0.2) is 0 Å². The number of rotatable bonds is 0. The summed E-state index contributed by atoms with van der Waals surface area (Å²) in [7, 11) is 0. The van der Waals surface area contributed by atoms with Crippen molar-refractivity contribution >= 4 is 61.2 Å². The van der Waals surface area contributed by atoms with Gasteiger partial charge in [0.05, 0.1) is 0 Å². The molecule has 0 aliphatic heterocycles. The Kier molecular flexibility index (Phi) is 128. The second-order valence-electron chi connectivity index (χ2n) is 0.500. The zero-order chi connectivity index (χ0) is 7.15. The van der Waals surface area contributed by atoms with Crippen LogP contribution >= 0.6 is 0 Å². The third-order valence-corrected chi connectivity index (χ3v) is 0. The molecule has 11 heteroatoms. The number of carbonyl (C=O) groups excluding carboxylic acids is 2. The molecule has 0 spiro atoms. The fraction of sp³-hybridized carbons (Fsp3) is 0. The Labute approximate surface area is 168 Å². The van der Waals surface area contributed by atoms with Gasteiger partial charge in [0, 0.05) is 0 Å². The average molecular weight is 458 g/mol. The van der Waals surface area contributed by atoms with Crippen LogP contribution in [0.1, 0.15) is 0 Å². The van der Waals surface area contributed by atoms with E-state index >= 15 is 0 Å². The van der Waals surface area contributed by atoms with Gasteiger partial charge < -0.3 is 39.4 Å². The monoisotopic (exact) mass is 459 g/mol. The van der Waals surface area contributed by atoms with Crippen LogP contribution in [0, 0.1) is 41.7 Å². The topological polar surface area (TPSA) is 126 Å². The summed E-state index contributed by atoms with van der Waals surface area (Å²) in [5, 5.41) is 33.3. The van der Waals surface area contributed by atoms with Gasteiger partial charge in [-0.15, -0.1) is 0 Å². The molecule has 0 atom stereocenters. The van der Waals surface area contributed by atoms with E-state index in [4.69, 9.17) is 30.0 Å². The zero-order valence-corrected chi connectivity index (χ0v) is 16.0. The van der Waals surface area contributed by atoms with E-state index in [2.05, 4.69) is 0 Å². The van der Waals surface area contributed by atoms with Gasteiger partial charge in [-0.2, -0.15) is 0 Å². The van der Waals surface area contributed by atoms with Crippen molar-refractivity contribution in [3.8, 4) is 0 Å². The van der Waals surface area contributed by atoms with Crippen molar-refractivity contribution < 1.29 is 111 Å². The fourth-order valence-corrected chi connectivity index (χ4v) is 0. The molecule has 0 heterocycles. The zero-order valence-electron chi connectivity index (χ0n) is 6.41. The normalized spacial score (nSPS) is 3.69. The standard InChI is InChI=1S/2CH2O3.Ba.Ce.2FH.Na/c2*2-1(3)4;;;;;/h2*(H2,2,3,4);;;2*1H;/q;;+2;+3;;;+1/p-6. The molecule has 0 saturated carbocycles. The Morgan fingerprint density at radius 3 is 0.769 bits per heavy atom. The molecule has 0 aromatic carbocycles. The minimum atomic E-state index is -2.33. The smallest absolute Gasteiger partial charge is 1.00 e. The first kappa shape index (κ1) is 45.3. The number of hydrogen-bond donors (Lipinski definition) is 0. The van der Waals surface area contributed by atoms with Gasteiger partial charge in [-0.05, 0) is 12.3 Å². The molecular weight excluding hydrogens is 458 g/mol. The first-order valence-corrected chi connectivity index (χ1v) is 1.22. The molecule has 0 aromatic heterocycles. The van der Waals surface area contributed by atoms with Gasteiger partial charge in [0.25, 0.3) is 0 Å². The molecular formula is C2BaCeF2NaO6. The molecule has 0 amide bonds. The van der Waals surface area contributed by atoms with E-state index in [1.54, 1.807) is 0 Å². The summed E-state index contributed by atoms with van der Waals surface area (Å²) in [6.07, 6.45) is -4.67. The second kappa shape index (κ2) is 36.7. The summed E-state index contributed by atoms with van der Waals surface area (Å²) in [5.41, 5.74) is 0. The quantitative estimate of drug-likeness (QED) is 0.332. The minimum absolute atomic E-state index is 0. The van der Waals surface area contributed by atoms with Crippen molar-refractivity contribution in [3.05, 3.63) is 0 Å². The summed E-state index contributed by atoms with van der Waals surface area (Å²) in [4.78, 5) is 16.7. The van der Waals surface area contributed by atoms with Crippen LogP contribution in [-0.4, -0.2) is 61.2 Å². The first-order valence-electron chi connectivity index (χ1n) is 1.22. The molecule has 0 rings (SSSR count). The van der Waals surface area contributed by atoms with Gasteiger partial charge in [0.2, 0.25) is 0 Å². The SMILES string of the molecule is O=C([O-])[O-].O=C([O-])[O-].[Ba+2].[Ce+3].[F-].[F-].[Na+]. The molecule has 0 unspecified atom stereocenters.